The maximum Gasteiger partial charge on any atom is 0.313 e. The molecule has 0 aromatic heterocycles. The second-order valence-corrected chi connectivity index (χ2v) is 5.17. The van der Waals surface area contributed by atoms with E-state index in [0.29, 0.717) is 11.1 Å². The highest BCUT2D eigenvalue weighted by atomic mass is 19.1. The standard InChI is InChI=1S/C17H17FO3/c1-17(9-10-19,16(20)21)13-7-8-14(15(18)11-13)12-5-3-2-4-6-12/h2-8,11,19H,9-10H2,1H3,(H,20,21). The van der Waals surface area contributed by atoms with Crippen LogP contribution in [-0.4, -0.2) is 22.8 Å². The summed E-state index contributed by atoms with van der Waals surface area (Å²) in [6, 6.07) is 13.5. The molecule has 0 radical (unpaired) electrons. The lowest BCUT2D eigenvalue weighted by molar-refractivity contribution is -0.143. The van der Waals surface area contributed by atoms with Gasteiger partial charge < -0.3 is 10.2 Å². The molecule has 0 spiro atoms. The van der Waals surface area contributed by atoms with Crippen LogP contribution in [0.15, 0.2) is 48.5 Å². The number of aliphatic hydroxyl groups is 1. The summed E-state index contributed by atoms with van der Waals surface area (Å²) in [5.74, 6) is -1.55. The molecular weight excluding hydrogens is 271 g/mol. The largest absolute Gasteiger partial charge is 0.481 e. The Morgan fingerprint density at radius 1 is 1.19 bits per heavy atom. The average molecular weight is 288 g/mol. The van der Waals surface area contributed by atoms with E-state index >= 15 is 0 Å². The highest BCUT2D eigenvalue weighted by Gasteiger charge is 2.35. The summed E-state index contributed by atoms with van der Waals surface area (Å²) in [4.78, 5) is 11.4. The van der Waals surface area contributed by atoms with E-state index in [1.807, 2.05) is 18.2 Å². The normalized spacial score (nSPS) is 13.7. The van der Waals surface area contributed by atoms with Gasteiger partial charge >= 0.3 is 5.97 Å². The zero-order valence-corrected chi connectivity index (χ0v) is 11.7. The fraction of sp³-hybridized carbons (Fsp3) is 0.235. The van der Waals surface area contributed by atoms with Crippen LogP contribution in [0.5, 0.6) is 0 Å². The summed E-state index contributed by atoms with van der Waals surface area (Å²) >= 11 is 0. The van der Waals surface area contributed by atoms with Gasteiger partial charge in [0.25, 0.3) is 0 Å². The van der Waals surface area contributed by atoms with E-state index in [2.05, 4.69) is 0 Å². The lowest BCUT2D eigenvalue weighted by Gasteiger charge is -2.24. The molecular formula is C17H17FO3. The first kappa shape index (κ1) is 15.2. The van der Waals surface area contributed by atoms with E-state index in [0.717, 1.165) is 5.56 Å². The number of aliphatic hydroxyl groups excluding tert-OH is 1. The molecule has 0 aliphatic carbocycles. The van der Waals surface area contributed by atoms with Crippen molar-refractivity contribution in [2.75, 3.05) is 6.61 Å². The van der Waals surface area contributed by atoms with Crippen LogP contribution in [0.25, 0.3) is 11.1 Å². The van der Waals surface area contributed by atoms with Crippen molar-refractivity contribution in [2.45, 2.75) is 18.8 Å². The van der Waals surface area contributed by atoms with Gasteiger partial charge in [-0.25, -0.2) is 4.39 Å². The van der Waals surface area contributed by atoms with Crippen LogP contribution in [-0.2, 0) is 10.2 Å². The molecule has 2 rings (SSSR count). The molecule has 21 heavy (non-hydrogen) atoms. The fourth-order valence-corrected chi connectivity index (χ4v) is 2.31. The second-order valence-electron chi connectivity index (χ2n) is 5.17. The molecule has 0 bridgehead atoms. The molecule has 110 valence electrons. The first-order chi connectivity index (χ1) is 9.99. The summed E-state index contributed by atoms with van der Waals surface area (Å²) in [6.45, 7) is 1.22. The number of benzene rings is 2. The minimum atomic E-state index is -1.30. The summed E-state index contributed by atoms with van der Waals surface area (Å²) in [5, 5.41) is 18.4. The number of aliphatic carboxylic acids is 1. The summed E-state index contributed by atoms with van der Waals surface area (Å²) < 4.78 is 14.3. The SMILES string of the molecule is CC(CCO)(C(=O)O)c1ccc(-c2ccccc2)c(F)c1. The first-order valence-corrected chi connectivity index (χ1v) is 6.69. The number of halogens is 1. The number of hydrogen-bond donors (Lipinski definition) is 2. The highest BCUT2D eigenvalue weighted by molar-refractivity contribution is 5.81. The quantitative estimate of drug-likeness (QED) is 0.888. The topological polar surface area (TPSA) is 57.5 Å². The lowest BCUT2D eigenvalue weighted by Crippen LogP contribution is -2.33. The molecule has 2 aromatic carbocycles. The number of carboxylic acids is 1. The van der Waals surface area contributed by atoms with Crippen LogP contribution < -0.4 is 0 Å². The minimum Gasteiger partial charge on any atom is -0.481 e. The fourth-order valence-electron chi connectivity index (χ4n) is 2.31. The molecule has 0 amide bonds. The molecule has 0 aliphatic rings. The molecule has 1 atom stereocenters. The van der Waals surface area contributed by atoms with Crippen molar-refractivity contribution in [3.63, 3.8) is 0 Å². The van der Waals surface area contributed by atoms with Gasteiger partial charge in [0.05, 0.1) is 5.41 Å². The molecule has 1 unspecified atom stereocenters. The number of carbonyl (C=O) groups is 1. The Kier molecular flexibility index (Phi) is 4.38. The Balaban J connectivity index is 2.46. The molecule has 3 nitrogen and oxygen atoms in total. The van der Waals surface area contributed by atoms with Gasteiger partial charge in [0, 0.05) is 12.2 Å². The molecule has 4 heteroatoms. The van der Waals surface area contributed by atoms with Crippen molar-refractivity contribution in [1.82, 2.24) is 0 Å². The van der Waals surface area contributed by atoms with E-state index in [1.165, 1.54) is 13.0 Å². The molecule has 0 aliphatic heterocycles. The minimum absolute atomic E-state index is 0.0342. The Labute approximate surface area is 122 Å². The number of rotatable bonds is 5. The van der Waals surface area contributed by atoms with Crippen molar-refractivity contribution in [2.24, 2.45) is 0 Å². The summed E-state index contributed by atoms with van der Waals surface area (Å²) in [7, 11) is 0. The van der Waals surface area contributed by atoms with Gasteiger partial charge in [-0.3, -0.25) is 4.79 Å². The molecule has 2 aromatic rings. The lowest BCUT2D eigenvalue weighted by atomic mass is 9.79. The summed E-state index contributed by atoms with van der Waals surface area (Å²) in [5.41, 5.74) is 0.211. The highest BCUT2D eigenvalue weighted by Crippen LogP contribution is 2.31. The van der Waals surface area contributed by atoms with E-state index in [1.54, 1.807) is 24.3 Å². The molecule has 0 heterocycles. The van der Waals surface area contributed by atoms with Gasteiger partial charge in [-0.15, -0.1) is 0 Å². The van der Waals surface area contributed by atoms with Crippen LogP contribution in [0.3, 0.4) is 0 Å². The van der Waals surface area contributed by atoms with Gasteiger partial charge in [0.1, 0.15) is 5.82 Å². The third-order valence-electron chi connectivity index (χ3n) is 3.77. The average Bonchev–Trinajstić information content (AvgIpc) is 2.48. The van der Waals surface area contributed by atoms with Gasteiger partial charge in [0.15, 0.2) is 0 Å². The zero-order valence-electron chi connectivity index (χ0n) is 11.7. The zero-order chi connectivity index (χ0) is 15.5. The van der Waals surface area contributed by atoms with Gasteiger partial charge in [-0.2, -0.15) is 0 Å². The Hall–Kier alpha value is -2.20. The van der Waals surface area contributed by atoms with E-state index in [9.17, 15) is 14.3 Å². The van der Waals surface area contributed by atoms with E-state index < -0.39 is 17.2 Å². The number of carboxylic acid groups (broad SMARTS) is 1. The van der Waals surface area contributed by atoms with Crippen LogP contribution >= 0.6 is 0 Å². The smallest absolute Gasteiger partial charge is 0.313 e. The van der Waals surface area contributed by atoms with Gasteiger partial charge in [0.2, 0.25) is 0 Å². The third kappa shape index (κ3) is 2.95. The van der Waals surface area contributed by atoms with Crippen molar-refractivity contribution in [1.29, 1.82) is 0 Å². The second kappa shape index (κ2) is 6.06. The maximum atomic E-state index is 14.3. The Morgan fingerprint density at radius 2 is 1.86 bits per heavy atom. The van der Waals surface area contributed by atoms with Crippen molar-refractivity contribution >= 4 is 5.97 Å². The summed E-state index contributed by atoms with van der Waals surface area (Å²) in [6.07, 6.45) is 0.0342. The Morgan fingerprint density at radius 3 is 2.38 bits per heavy atom. The van der Waals surface area contributed by atoms with Crippen LogP contribution in [0.2, 0.25) is 0 Å². The molecule has 0 saturated carbocycles. The van der Waals surface area contributed by atoms with Crippen LogP contribution in [0, 0.1) is 5.82 Å². The van der Waals surface area contributed by atoms with Gasteiger partial charge in [-0.05, 0) is 30.5 Å². The van der Waals surface area contributed by atoms with E-state index in [-0.39, 0.29) is 13.0 Å². The van der Waals surface area contributed by atoms with Crippen LogP contribution in [0.4, 0.5) is 4.39 Å². The number of hydrogen-bond acceptors (Lipinski definition) is 2. The predicted octanol–water partition coefficient (Wildman–Crippen LogP) is 3.22. The Bertz CT molecular complexity index is 640. The van der Waals surface area contributed by atoms with Crippen molar-refractivity contribution < 1.29 is 19.4 Å². The van der Waals surface area contributed by atoms with Crippen molar-refractivity contribution in [3.8, 4) is 11.1 Å². The molecule has 0 saturated heterocycles. The van der Waals surface area contributed by atoms with Crippen LogP contribution in [0.1, 0.15) is 18.9 Å². The molecule has 2 N–H and O–H groups in total. The van der Waals surface area contributed by atoms with Gasteiger partial charge in [-0.1, -0.05) is 42.5 Å². The maximum absolute atomic E-state index is 14.3. The van der Waals surface area contributed by atoms with E-state index in [4.69, 9.17) is 5.11 Å². The monoisotopic (exact) mass is 288 g/mol. The first-order valence-electron chi connectivity index (χ1n) is 6.69. The molecule has 0 fully saturated rings. The van der Waals surface area contributed by atoms with Crippen molar-refractivity contribution in [3.05, 3.63) is 59.9 Å². The third-order valence-corrected chi connectivity index (χ3v) is 3.77. The predicted molar refractivity (Wildman–Crippen MR) is 78.5 cm³/mol.